The molecular formula is C6H13BrMg. The van der Waals surface area contributed by atoms with E-state index in [1.54, 1.807) is 0 Å². The number of hydrogen-bond acceptors (Lipinski definition) is 0. The topological polar surface area (TPSA) is 0 Å². The Morgan fingerprint density at radius 1 is 1.88 bits per heavy atom. The van der Waals surface area contributed by atoms with Crippen LogP contribution in [0.1, 0.15) is 22.6 Å². The van der Waals surface area contributed by atoms with Gasteiger partial charge in [-0.05, 0) is 12.8 Å². The van der Waals surface area contributed by atoms with Gasteiger partial charge in [0.05, 0.1) is 0 Å². The summed E-state index contributed by atoms with van der Waals surface area (Å²) in [7, 11) is 0. The molecule has 0 saturated heterocycles. The van der Waals surface area contributed by atoms with Crippen molar-refractivity contribution in [3.05, 3.63) is 12.7 Å². The normalized spacial score (nSPS) is 11.8. The number of halogens is 1. The van der Waals surface area contributed by atoms with Gasteiger partial charge in [-0.3, -0.25) is 0 Å². The molecule has 2 heteroatoms. The van der Waals surface area contributed by atoms with Gasteiger partial charge in [0.25, 0.3) is 0 Å². The molecule has 0 aliphatic heterocycles. The molecule has 0 aromatic heterocycles. The van der Waals surface area contributed by atoms with E-state index in [2.05, 4.69) is 29.4 Å². The number of rotatable bonds is 3. The van der Waals surface area contributed by atoms with Crippen molar-refractivity contribution in [1.82, 2.24) is 0 Å². The van der Waals surface area contributed by atoms with Crippen LogP contribution < -0.4 is 0 Å². The molecule has 8 heavy (non-hydrogen) atoms. The van der Waals surface area contributed by atoms with Crippen LogP contribution in [0.15, 0.2) is 12.7 Å². The number of allylic oxidation sites excluding steroid dienone is 1. The van der Waals surface area contributed by atoms with Gasteiger partial charge in [-0.25, -0.2) is 0 Å². The fourth-order valence-corrected chi connectivity index (χ4v) is 0.612. The van der Waals surface area contributed by atoms with E-state index in [9.17, 15) is 0 Å². The average molecular weight is 189 g/mol. The molecule has 0 N–H and O–H groups in total. The van der Waals surface area contributed by atoms with Crippen LogP contribution in [0, 0.1) is 0 Å². The SMILES string of the molecule is C=CCC(Br)CC.[H-].[H-].[Mg+2]. The maximum absolute atomic E-state index is 3.62. The Morgan fingerprint density at radius 3 is 2.50 bits per heavy atom. The maximum Gasteiger partial charge on any atom is 2.00 e. The van der Waals surface area contributed by atoms with Crippen LogP contribution in [0.3, 0.4) is 0 Å². The first-order chi connectivity index (χ1) is 3.31. The van der Waals surface area contributed by atoms with Crippen LogP contribution in [-0.2, 0) is 0 Å². The molecule has 0 amide bonds. The molecule has 0 aromatic carbocycles. The van der Waals surface area contributed by atoms with Gasteiger partial charge in [0.2, 0.25) is 0 Å². The summed E-state index contributed by atoms with van der Waals surface area (Å²) < 4.78 is 0. The molecule has 1 atom stereocenters. The molecule has 0 bridgehead atoms. The Morgan fingerprint density at radius 2 is 2.38 bits per heavy atom. The third-order valence-corrected chi connectivity index (χ3v) is 1.89. The second-order valence-electron chi connectivity index (χ2n) is 1.53. The molecule has 0 fully saturated rings. The summed E-state index contributed by atoms with van der Waals surface area (Å²) in [5.41, 5.74) is 0. The van der Waals surface area contributed by atoms with Crippen LogP contribution in [0.2, 0.25) is 0 Å². The molecule has 0 rings (SSSR count). The van der Waals surface area contributed by atoms with Gasteiger partial charge in [0.15, 0.2) is 0 Å². The van der Waals surface area contributed by atoms with Gasteiger partial charge in [0, 0.05) is 4.83 Å². The van der Waals surface area contributed by atoms with Gasteiger partial charge in [-0.15, -0.1) is 6.58 Å². The van der Waals surface area contributed by atoms with Crippen LogP contribution in [0.4, 0.5) is 0 Å². The van der Waals surface area contributed by atoms with Gasteiger partial charge < -0.3 is 2.85 Å². The third kappa shape index (κ3) is 6.99. The fourth-order valence-electron chi connectivity index (χ4n) is 0.348. The largest absolute Gasteiger partial charge is 2.00 e. The van der Waals surface area contributed by atoms with E-state index in [0.717, 1.165) is 6.42 Å². The first-order valence-electron chi connectivity index (χ1n) is 2.56. The second-order valence-corrected chi connectivity index (χ2v) is 2.82. The molecule has 0 saturated carbocycles. The molecule has 1 unspecified atom stereocenters. The van der Waals surface area contributed by atoms with Crippen molar-refractivity contribution >= 4 is 39.0 Å². The Labute approximate surface area is 79.0 Å². The van der Waals surface area contributed by atoms with E-state index in [1.807, 2.05) is 6.08 Å². The molecule has 0 spiro atoms. The van der Waals surface area contributed by atoms with Crippen molar-refractivity contribution < 1.29 is 2.85 Å². The molecular weight excluding hydrogens is 176 g/mol. The van der Waals surface area contributed by atoms with E-state index >= 15 is 0 Å². The first-order valence-corrected chi connectivity index (χ1v) is 3.47. The predicted molar refractivity (Wildman–Crippen MR) is 45.8 cm³/mol. The second kappa shape index (κ2) is 7.99. The summed E-state index contributed by atoms with van der Waals surface area (Å²) in [5.74, 6) is 0. The minimum absolute atomic E-state index is 0. The van der Waals surface area contributed by atoms with Gasteiger partial charge >= 0.3 is 23.1 Å². The molecule has 0 heterocycles. The standard InChI is InChI=1S/C6H11Br.Mg.2H/c1-3-5-6(7)4-2;;;/h3,6H,1,4-5H2,2H3;;;/q;+2;2*-1. The van der Waals surface area contributed by atoms with E-state index in [0.29, 0.717) is 4.83 Å². The minimum Gasteiger partial charge on any atom is -1.00 e. The zero-order chi connectivity index (χ0) is 5.70. The zero-order valence-electron chi connectivity index (χ0n) is 7.36. The predicted octanol–water partition coefficient (Wildman–Crippen LogP) is 2.58. The maximum atomic E-state index is 3.62. The van der Waals surface area contributed by atoms with Gasteiger partial charge in [-0.2, -0.15) is 0 Å². The molecule has 0 aliphatic rings. The summed E-state index contributed by atoms with van der Waals surface area (Å²) in [4.78, 5) is 0.644. The van der Waals surface area contributed by atoms with Crippen LogP contribution >= 0.6 is 15.9 Å². The fraction of sp³-hybridized carbons (Fsp3) is 0.667. The Balaban J connectivity index is -0.0000000600. The summed E-state index contributed by atoms with van der Waals surface area (Å²) in [6, 6.07) is 0. The molecule has 0 nitrogen and oxygen atoms in total. The summed E-state index contributed by atoms with van der Waals surface area (Å²) in [5, 5.41) is 0. The van der Waals surface area contributed by atoms with Gasteiger partial charge in [-0.1, -0.05) is 28.9 Å². The van der Waals surface area contributed by atoms with Crippen LogP contribution in [0.25, 0.3) is 0 Å². The minimum atomic E-state index is 0. The van der Waals surface area contributed by atoms with Crippen molar-refractivity contribution in [2.24, 2.45) is 0 Å². The van der Waals surface area contributed by atoms with Crippen molar-refractivity contribution in [2.75, 3.05) is 0 Å². The molecule has 0 aliphatic carbocycles. The first kappa shape index (κ1) is 11.7. The number of alkyl halides is 1. The average Bonchev–Trinajstić information content (AvgIpc) is 1.68. The van der Waals surface area contributed by atoms with Crippen molar-refractivity contribution in [2.45, 2.75) is 24.6 Å². The Hall–Kier alpha value is 0.986. The van der Waals surface area contributed by atoms with E-state index in [-0.39, 0.29) is 25.9 Å². The zero-order valence-corrected chi connectivity index (χ0v) is 8.36. The Bertz CT molecular complexity index is 61.7. The van der Waals surface area contributed by atoms with Crippen molar-refractivity contribution in [3.8, 4) is 0 Å². The summed E-state index contributed by atoms with van der Waals surface area (Å²) >= 11 is 3.47. The van der Waals surface area contributed by atoms with Crippen molar-refractivity contribution in [3.63, 3.8) is 0 Å². The van der Waals surface area contributed by atoms with E-state index in [4.69, 9.17) is 0 Å². The quantitative estimate of drug-likeness (QED) is 0.364. The molecule has 0 radical (unpaired) electrons. The van der Waals surface area contributed by atoms with Crippen molar-refractivity contribution in [1.29, 1.82) is 0 Å². The van der Waals surface area contributed by atoms with Crippen LogP contribution in [0.5, 0.6) is 0 Å². The van der Waals surface area contributed by atoms with Gasteiger partial charge in [0.1, 0.15) is 0 Å². The summed E-state index contributed by atoms with van der Waals surface area (Å²) in [6.45, 7) is 5.77. The summed E-state index contributed by atoms with van der Waals surface area (Å²) in [6.07, 6.45) is 4.20. The number of hydrogen-bond donors (Lipinski definition) is 0. The smallest absolute Gasteiger partial charge is 1.00 e. The monoisotopic (exact) mass is 188 g/mol. The van der Waals surface area contributed by atoms with Crippen LogP contribution in [-0.4, -0.2) is 27.9 Å². The van der Waals surface area contributed by atoms with E-state index < -0.39 is 0 Å². The van der Waals surface area contributed by atoms with E-state index in [1.165, 1.54) is 6.42 Å². The molecule has 0 aromatic rings. The third-order valence-electron chi connectivity index (χ3n) is 0.865. The Kier molecular flexibility index (Phi) is 11.7. The molecule has 46 valence electrons.